The highest BCUT2D eigenvalue weighted by atomic mass is 79.9. The Balaban J connectivity index is 2.66. The molecule has 2 heterocycles. The highest BCUT2D eigenvalue weighted by molar-refractivity contribution is 9.09. The topological polar surface area (TPSA) is 95.0 Å². The van der Waals surface area contributed by atoms with Crippen LogP contribution < -0.4 is 0 Å². The fourth-order valence-corrected chi connectivity index (χ4v) is 14.6. The summed E-state index contributed by atoms with van der Waals surface area (Å²) in [4.78, 5) is 33.2. The Labute approximate surface area is 313 Å². The van der Waals surface area contributed by atoms with E-state index in [1.807, 2.05) is 46.1 Å². The predicted molar refractivity (Wildman–Crippen MR) is 213 cm³/mol. The number of rotatable bonds is 12. The molecule has 1 aliphatic heterocycles. The van der Waals surface area contributed by atoms with Crippen molar-refractivity contribution in [2.24, 2.45) is 17.3 Å². The van der Waals surface area contributed by atoms with E-state index in [4.69, 9.17) is 13.6 Å². The zero-order valence-corrected chi connectivity index (χ0v) is 37.1. The van der Waals surface area contributed by atoms with Crippen LogP contribution in [-0.2, 0) is 23.2 Å². The van der Waals surface area contributed by atoms with Crippen molar-refractivity contribution in [1.29, 1.82) is 0 Å². The summed E-state index contributed by atoms with van der Waals surface area (Å²) in [5, 5.41) is 14.3. The van der Waals surface area contributed by atoms with E-state index >= 15 is 0 Å². The van der Waals surface area contributed by atoms with Crippen molar-refractivity contribution < 1.29 is 28.3 Å². The van der Waals surface area contributed by atoms with Gasteiger partial charge in [0.05, 0.1) is 35.4 Å². The molecule has 0 bridgehead atoms. The van der Waals surface area contributed by atoms with Crippen LogP contribution in [0.25, 0.3) is 6.08 Å². The minimum Gasteiger partial charge on any atom is -0.458 e. The number of aliphatic hydroxyl groups is 1. The van der Waals surface area contributed by atoms with E-state index in [1.54, 1.807) is 11.3 Å². The molecule has 282 valence electrons. The second-order valence-corrected chi connectivity index (χ2v) is 26.8. The molecule has 2 rings (SSSR count). The second-order valence-electron chi connectivity index (χ2n) is 15.1. The molecule has 0 aromatic carbocycles. The van der Waals surface area contributed by atoms with Crippen molar-refractivity contribution in [2.45, 2.75) is 181 Å². The van der Waals surface area contributed by atoms with Crippen LogP contribution in [0.15, 0.2) is 11.0 Å². The maximum atomic E-state index is 14.9. The van der Waals surface area contributed by atoms with Crippen molar-refractivity contribution in [3.05, 3.63) is 21.7 Å². The molecule has 1 saturated heterocycles. The van der Waals surface area contributed by atoms with Gasteiger partial charge in [-0.1, -0.05) is 91.6 Å². The molecule has 7 atom stereocenters. The highest BCUT2D eigenvalue weighted by Gasteiger charge is 2.48. The van der Waals surface area contributed by atoms with Crippen LogP contribution in [0, 0.1) is 24.2 Å². The number of esters is 1. The Hall–Kier alpha value is -0.696. The minimum absolute atomic E-state index is 0.0199. The number of thiazole rings is 1. The minimum atomic E-state index is -2.24. The summed E-state index contributed by atoms with van der Waals surface area (Å²) in [6, 6.07) is 5.74. The lowest BCUT2D eigenvalue weighted by Crippen LogP contribution is -2.53. The fraction of sp³-hybridized carbons (Fsp3) is 0.816. The first-order valence-corrected chi connectivity index (χ1v) is 25.8. The number of ketones is 1. The number of ether oxygens (including phenoxy) is 1. The molecule has 2 unspecified atom stereocenters. The number of alkyl halides is 1. The van der Waals surface area contributed by atoms with E-state index in [1.165, 1.54) is 0 Å². The normalized spacial score (nSPS) is 28.8. The SMILES string of the molecule is CC[Si](CC)(CC)O[C@H]1CC(=O)OC(/C(C)=C/c2csc(C)n2)C[C@@H](Br)[C@H](O)CCCC(C)[C@H](O[Si](CC)(CC)CC)[C@@H](C)C(=O)C1(C)C. The quantitative estimate of drug-likeness (QED) is 0.128. The van der Waals surface area contributed by atoms with Crippen molar-refractivity contribution in [3.63, 3.8) is 0 Å². The third-order valence-electron chi connectivity index (χ3n) is 11.7. The number of hydrogen-bond donors (Lipinski definition) is 1. The molecule has 1 N–H and O–H groups in total. The average molecular weight is 803 g/mol. The summed E-state index contributed by atoms with van der Waals surface area (Å²) in [7, 11) is -4.29. The number of hydrogen-bond acceptors (Lipinski definition) is 8. The molecule has 0 radical (unpaired) electrons. The molecule has 0 saturated carbocycles. The standard InChI is InChI=1S/C38H68BrNO6SSi2/c1-13-48(14-2,15-3)45-34-24-35(42)44-33(27(8)22-30-25-47-29(10)40-30)23-31(39)32(41)21-19-20-26(7)36(28(9)37(43)38(34,11)12)46-49(16-4,17-5)18-6/h22,25-26,28,31-34,36,41H,13-21,23-24H2,1-12H3/b27-22+/t26?,28-,31-,32-,33?,34+,36+/m1/s1. The Morgan fingerprint density at radius 2 is 1.57 bits per heavy atom. The summed E-state index contributed by atoms with van der Waals surface area (Å²) in [6.07, 6.45) is 2.54. The molecule has 1 aromatic heterocycles. The van der Waals surface area contributed by atoms with Gasteiger partial charge in [0.1, 0.15) is 11.9 Å². The first-order valence-electron chi connectivity index (χ1n) is 19.0. The number of carbonyl (C=O) groups excluding carboxylic acids is 2. The molecule has 0 spiro atoms. The lowest BCUT2D eigenvalue weighted by atomic mass is 9.73. The van der Waals surface area contributed by atoms with Crippen LogP contribution in [-0.4, -0.2) is 67.7 Å². The number of aliphatic hydroxyl groups excluding tert-OH is 1. The lowest BCUT2D eigenvalue weighted by Gasteiger charge is -2.44. The van der Waals surface area contributed by atoms with E-state index in [-0.39, 0.29) is 35.0 Å². The second kappa shape index (κ2) is 19.9. The number of halogens is 1. The Morgan fingerprint density at radius 3 is 2.08 bits per heavy atom. The summed E-state index contributed by atoms with van der Waals surface area (Å²) in [5.74, 6) is -0.572. The van der Waals surface area contributed by atoms with Gasteiger partial charge < -0.3 is 18.7 Å². The monoisotopic (exact) mass is 801 g/mol. The van der Waals surface area contributed by atoms with E-state index in [2.05, 4.69) is 69.4 Å². The van der Waals surface area contributed by atoms with Gasteiger partial charge in [-0.05, 0) is 80.5 Å². The van der Waals surface area contributed by atoms with E-state index < -0.39 is 46.3 Å². The number of aromatic nitrogens is 1. The highest BCUT2D eigenvalue weighted by Crippen LogP contribution is 2.40. The van der Waals surface area contributed by atoms with Crippen LogP contribution in [0.4, 0.5) is 0 Å². The maximum absolute atomic E-state index is 14.9. The Morgan fingerprint density at radius 1 is 1.02 bits per heavy atom. The van der Waals surface area contributed by atoms with E-state index in [0.717, 1.165) is 65.4 Å². The third-order valence-corrected chi connectivity index (χ3v) is 22.8. The van der Waals surface area contributed by atoms with E-state index in [9.17, 15) is 14.7 Å². The zero-order chi connectivity index (χ0) is 37.2. The van der Waals surface area contributed by atoms with Gasteiger partial charge >= 0.3 is 5.97 Å². The summed E-state index contributed by atoms with van der Waals surface area (Å²) >= 11 is 5.35. The first-order chi connectivity index (χ1) is 23.0. The zero-order valence-electron chi connectivity index (χ0n) is 32.7. The summed E-state index contributed by atoms with van der Waals surface area (Å²) in [6.45, 7) is 25.3. The van der Waals surface area contributed by atoms with Crippen molar-refractivity contribution >= 4 is 61.7 Å². The van der Waals surface area contributed by atoms with Crippen molar-refractivity contribution in [1.82, 2.24) is 4.98 Å². The molecule has 0 amide bonds. The Bertz CT molecular complexity index is 1200. The molecule has 1 aliphatic rings. The van der Waals surface area contributed by atoms with Crippen LogP contribution in [0.2, 0.25) is 36.3 Å². The lowest BCUT2D eigenvalue weighted by molar-refractivity contribution is -0.153. The van der Waals surface area contributed by atoms with Gasteiger partial charge in [-0.25, -0.2) is 4.98 Å². The predicted octanol–water partition coefficient (Wildman–Crippen LogP) is 10.5. The fourth-order valence-electron chi connectivity index (χ4n) is 7.45. The van der Waals surface area contributed by atoms with Crippen molar-refractivity contribution in [2.75, 3.05) is 0 Å². The molecule has 1 fully saturated rings. The van der Waals surface area contributed by atoms with Crippen LogP contribution in [0.5, 0.6) is 0 Å². The maximum Gasteiger partial charge on any atom is 0.309 e. The molecule has 7 nitrogen and oxygen atoms in total. The summed E-state index contributed by atoms with van der Waals surface area (Å²) in [5.41, 5.74) is 0.741. The van der Waals surface area contributed by atoms with Gasteiger partial charge in [0.15, 0.2) is 16.6 Å². The van der Waals surface area contributed by atoms with Gasteiger partial charge in [0.25, 0.3) is 0 Å². The number of aryl methyl sites for hydroxylation is 1. The molecule has 0 aliphatic carbocycles. The smallest absolute Gasteiger partial charge is 0.309 e. The van der Waals surface area contributed by atoms with Gasteiger partial charge in [-0.3, -0.25) is 9.59 Å². The average Bonchev–Trinajstić information content (AvgIpc) is 3.49. The van der Waals surface area contributed by atoms with E-state index in [0.29, 0.717) is 12.8 Å². The van der Waals surface area contributed by atoms with Crippen LogP contribution in [0.3, 0.4) is 0 Å². The molecule has 49 heavy (non-hydrogen) atoms. The number of cyclic esters (lactones) is 1. The van der Waals surface area contributed by atoms with Crippen LogP contribution in [0.1, 0.15) is 119 Å². The molecule has 11 heteroatoms. The third kappa shape index (κ3) is 11.9. The van der Waals surface area contributed by atoms with Crippen LogP contribution >= 0.6 is 27.3 Å². The molecular formula is C38H68BrNO6SSi2. The first kappa shape index (κ1) is 44.5. The number of carbonyl (C=O) groups is 2. The van der Waals surface area contributed by atoms with Gasteiger partial charge in [0.2, 0.25) is 0 Å². The van der Waals surface area contributed by atoms with Crippen molar-refractivity contribution in [3.8, 4) is 0 Å². The van der Waals surface area contributed by atoms with Gasteiger partial charge in [0, 0.05) is 28.0 Å². The number of Topliss-reactive ketones (excluding diaryl/α,β-unsaturated/α-hetero) is 1. The summed E-state index contributed by atoms with van der Waals surface area (Å²) < 4.78 is 20.6. The van der Waals surface area contributed by atoms with Gasteiger partial charge in [-0.2, -0.15) is 0 Å². The largest absolute Gasteiger partial charge is 0.458 e. The molecule has 1 aromatic rings. The molecular weight excluding hydrogens is 735 g/mol. The number of nitrogens with zero attached hydrogens (tertiary/aromatic N) is 1. The Kier molecular flexibility index (Phi) is 18.1. The van der Waals surface area contributed by atoms with Gasteiger partial charge in [-0.15, -0.1) is 11.3 Å².